The van der Waals surface area contributed by atoms with Crippen LogP contribution >= 0.6 is 0 Å². The molecule has 5 heterocycles. The van der Waals surface area contributed by atoms with Gasteiger partial charge in [0.2, 0.25) is 0 Å². The minimum atomic E-state index is -2.14. The zero-order valence-corrected chi connectivity index (χ0v) is 29.4. The highest BCUT2D eigenvalue weighted by molar-refractivity contribution is 5.00. The van der Waals surface area contributed by atoms with Gasteiger partial charge in [-0.3, -0.25) is 0 Å². The van der Waals surface area contributed by atoms with Crippen molar-refractivity contribution in [1.82, 2.24) is 0 Å². The highest BCUT2D eigenvalue weighted by Crippen LogP contribution is 2.36. The molecule has 26 heteroatoms. The second kappa shape index (κ2) is 19.6. The lowest BCUT2D eigenvalue weighted by Gasteiger charge is -2.48. The minimum absolute atomic E-state index is 0.811. The topological polar surface area (TPSA) is 433 Å². The van der Waals surface area contributed by atoms with E-state index in [4.69, 9.17) is 48.4 Å². The lowest BCUT2D eigenvalue weighted by molar-refractivity contribution is -0.380. The van der Waals surface area contributed by atoms with Crippen molar-refractivity contribution >= 4 is 0 Å². The van der Waals surface area contributed by atoms with Crippen LogP contribution in [0.25, 0.3) is 0 Å². The first kappa shape index (κ1) is 46.0. The van der Waals surface area contributed by atoms with Crippen LogP contribution < -0.4 is 5.73 Å². The van der Waals surface area contributed by atoms with Gasteiger partial charge in [-0.1, -0.05) is 0 Å². The molecule has 5 saturated heterocycles. The largest absolute Gasteiger partial charge is 0.394 e. The lowest BCUT2D eigenvalue weighted by Crippen LogP contribution is -2.67. The molecule has 0 bridgehead atoms. The molecule has 0 spiro atoms. The van der Waals surface area contributed by atoms with E-state index in [1.54, 1.807) is 0 Å². The molecule has 5 aliphatic heterocycles. The molecule has 5 fully saturated rings. The van der Waals surface area contributed by atoms with E-state index in [0.717, 1.165) is 0 Å². The predicted molar refractivity (Wildman–Crippen MR) is 168 cm³/mol. The summed E-state index contributed by atoms with van der Waals surface area (Å²) in [7, 11) is 0. The third-order valence-electron chi connectivity index (χ3n) is 10.4. The summed E-state index contributed by atoms with van der Waals surface area (Å²) in [5, 5.41) is 166. The van der Waals surface area contributed by atoms with Gasteiger partial charge in [-0.2, -0.15) is 0 Å². The van der Waals surface area contributed by atoms with E-state index in [9.17, 15) is 81.7 Å². The van der Waals surface area contributed by atoms with Crippen molar-refractivity contribution < 1.29 is 124 Å². The summed E-state index contributed by atoms with van der Waals surface area (Å²) in [6, 6.07) is -1.45. The van der Waals surface area contributed by atoms with Gasteiger partial charge in [-0.05, 0) is 0 Å². The maximum atomic E-state index is 11.4. The van der Waals surface area contributed by atoms with Crippen molar-refractivity contribution in [2.45, 2.75) is 153 Å². The lowest BCUT2D eigenvalue weighted by atomic mass is 9.95. The zero-order chi connectivity index (χ0) is 41.3. The summed E-state index contributed by atoms with van der Waals surface area (Å²) in [6.45, 7) is -4.51. The van der Waals surface area contributed by atoms with E-state index in [0.29, 0.717) is 0 Å². The van der Waals surface area contributed by atoms with E-state index in [1.807, 2.05) is 0 Å². The maximum Gasteiger partial charge on any atom is 0.187 e. The van der Waals surface area contributed by atoms with Crippen molar-refractivity contribution in [1.29, 1.82) is 0 Å². The summed E-state index contributed by atoms with van der Waals surface area (Å²) in [5.74, 6) is 0. The first-order valence-electron chi connectivity index (χ1n) is 17.7. The van der Waals surface area contributed by atoms with Gasteiger partial charge < -0.3 is 130 Å². The van der Waals surface area contributed by atoms with Gasteiger partial charge in [-0.15, -0.1) is 0 Å². The number of rotatable bonds is 14. The Morgan fingerprint density at radius 1 is 0.411 bits per heavy atom. The third kappa shape index (κ3) is 9.16. The maximum absolute atomic E-state index is 11.4. The molecular weight excluding hydrogens is 774 g/mol. The van der Waals surface area contributed by atoms with Crippen molar-refractivity contribution in [2.75, 3.05) is 33.0 Å². The Hall–Kier alpha value is -1.04. The molecule has 0 amide bonds. The molecule has 0 aromatic heterocycles. The standard InChI is InChI=1S/C30H53NO25/c31-11-15(41)22(10(5-36)48-26(11)47)53-28-18(44)23(13(39)8(3-34)50-28)54-29-19(45)24(14(40)9(4-35)51-29)55-30-20(46)25(21(52-30)6(37)1-32)56-27-17(43)16(42)12(38)7(2-33)49-27/h6-30,32-47H,1-5,31H2/t6-,7-,8-,9-,10-,11-,12+,13-,14-,15-,16+,17-,18+,19+,20-,21+,22-,23+,24+,25-,26?,27-,28-,29-,30+/m1/s1. The van der Waals surface area contributed by atoms with Gasteiger partial charge in [0.1, 0.15) is 116 Å². The Balaban J connectivity index is 1.33. The fourth-order valence-electron chi connectivity index (χ4n) is 7.07. The summed E-state index contributed by atoms with van der Waals surface area (Å²) in [5.41, 5.74) is 5.74. The molecule has 5 aliphatic rings. The van der Waals surface area contributed by atoms with Gasteiger partial charge in [0, 0.05) is 0 Å². The Kier molecular flexibility index (Phi) is 16.1. The molecule has 18 N–H and O–H groups in total. The Morgan fingerprint density at radius 3 is 1.27 bits per heavy atom. The van der Waals surface area contributed by atoms with E-state index < -0.39 is 187 Å². The molecule has 0 aromatic rings. The second-order valence-electron chi connectivity index (χ2n) is 14.0. The van der Waals surface area contributed by atoms with Gasteiger partial charge >= 0.3 is 0 Å². The molecule has 0 aliphatic carbocycles. The Bertz CT molecular complexity index is 1210. The van der Waals surface area contributed by atoms with Gasteiger partial charge in [0.25, 0.3) is 0 Å². The fourth-order valence-corrected chi connectivity index (χ4v) is 7.07. The van der Waals surface area contributed by atoms with Crippen LogP contribution in [0.1, 0.15) is 0 Å². The third-order valence-corrected chi connectivity index (χ3v) is 10.4. The van der Waals surface area contributed by atoms with E-state index in [2.05, 4.69) is 0 Å². The molecule has 5 rings (SSSR count). The Labute approximate surface area is 316 Å². The SMILES string of the molecule is N[C@H]1C(O)O[C@H](CO)[C@@H](O[C@H]2O[C@H](CO)[C@@H](O)[C@H](O[C@H]3O[C@H](CO)[C@@H](O)[C@H](O[C@@H]4O[C@@H]([C@H](O)CO)[C@H](O[C@H]5O[C@H](CO)[C@H](O)[C@H](O)[C@H]5O)[C@H]4O)[C@@H]3O)[C@@H]2O)[C@@H]1O. The molecule has 0 aromatic carbocycles. The first-order chi connectivity index (χ1) is 26.5. The van der Waals surface area contributed by atoms with Gasteiger partial charge in [-0.25, -0.2) is 0 Å². The van der Waals surface area contributed by atoms with E-state index in [1.165, 1.54) is 0 Å². The second-order valence-corrected chi connectivity index (χ2v) is 14.0. The number of hydrogen-bond acceptors (Lipinski definition) is 26. The van der Waals surface area contributed by atoms with E-state index in [-0.39, 0.29) is 0 Å². The average Bonchev–Trinajstić information content (AvgIpc) is 3.49. The molecule has 56 heavy (non-hydrogen) atoms. The van der Waals surface area contributed by atoms with Gasteiger partial charge in [0.15, 0.2) is 31.5 Å². The normalized spacial score (nSPS) is 52.2. The monoisotopic (exact) mass is 827 g/mol. The number of aliphatic hydroxyl groups excluding tert-OH is 16. The minimum Gasteiger partial charge on any atom is -0.394 e. The summed E-state index contributed by atoms with van der Waals surface area (Å²) < 4.78 is 49.7. The van der Waals surface area contributed by atoms with Crippen LogP contribution in [0.15, 0.2) is 0 Å². The van der Waals surface area contributed by atoms with Crippen molar-refractivity contribution in [2.24, 2.45) is 5.73 Å². The van der Waals surface area contributed by atoms with Crippen LogP contribution in [0.5, 0.6) is 0 Å². The molecule has 328 valence electrons. The van der Waals surface area contributed by atoms with Crippen LogP contribution in [0.3, 0.4) is 0 Å². The van der Waals surface area contributed by atoms with Crippen molar-refractivity contribution in [3.8, 4) is 0 Å². The average molecular weight is 828 g/mol. The van der Waals surface area contributed by atoms with Crippen molar-refractivity contribution in [3.63, 3.8) is 0 Å². The van der Waals surface area contributed by atoms with Crippen LogP contribution in [0, 0.1) is 0 Å². The van der Waals surface area contributed by atoms with Crippen molar-refractivity contribution in [3.05, 3.63) is 0 Å². The van der Waals surface area contributed by atoms with Crippen LogP contribution in [0.2, 0.25) is 0 Å². The van der Waals surface area contributed by atoms with Crippen LogP contribution in [-0.4, -0.2) is 268 Å². The highest BCUT2D eigenvalue weighted by atomic mass is 16.8. The fraction of sp³-hybridized carbons (Fsp3) is 1.00. The highest BCUT2D eigenvalue weighted by Gasteiger charge is 2.57. The molecule has 1 unspecified atom stereocenters. The first-order valence-corrected chi connectivity index (χ1v) is 17.7. The summed E-state index contributed by atoms with van der Waals surface area (Å²) >= 11 is 0. The number of ether oxygens (including phenoxy) is 9. The number of nitrogens with two attached hydrogens (primary N) is 1. The molecule has 25 atom stereocenters. The number of hydrogen-bond donors (Lipinski definition) is 17. The van der Waals surface area contributed by atoms with Crippen LogP contribution in [0.4, 0.5) is 0 Å². The molecule has 0 saturated carbocycles. The summed E-state index contributed by atoms with van der Waals surface area (Å²) in [6.07, 6.45) is -43.6. The Morgan fingerprint density at radius 2 is 0.804 bits per heavy atom. The number of aliphatic hydroxyl groups is 16. The van der Waals surface area contributed by atoms with Crippen LogP contribution in [-0.2, 0) is 42.6 Å². The van der Waals surface area contributed by atoms with E-state index >= 15 is 0 Å². The smallest absolute Gasteiger partial charge is 0.187 e. The van der Waals surface area contributed by atoms with Gasteiger partial charge in [0.05, 0.1) is 39.1 Å². The quantitative estimate of drug-likeness (QED) is 0.0773. The summed E-state index contributed by atoms with van der Waals surface area (Å²) in [4.78, 5) is 0. The predicted octanol–water partition coefficient (Wildman–Crippen LogP) is -12.0. The molecule has 0 radical (unpaired) electrons. The molecular formula is C30H53NO25. The molecule has 26 nitrogen and oxygen atoms in total. The zero-order valence-electron chi connectivity index (χ0n) is 29.4.